The van der Waals surface area contributed by atoms with Crippen molar-refractivity contribution in [3.05, 3.63) is 44.8 Å². The summed E-state index contributed by atoms with van der Waals surface area (Å²) in [6.45, 7) is 2.87. The van der Waals surface area contributed by atoms with Crippen LogP contribution in [0.15, 0.2) is 27.6 Å². The highest BCUT2D eigenvalue weighted by Crippen LogP contribution is 2.32. The number of halogens is 1. The van der Waals surface area contributed by atoms with Crippen molar-refractivity contribution in [3.63, 3.8) is 0 Å². The molecule has 0 spiro atoms. The first-order valence-corrected chi connectivity index (χ1v) is 7.32. The fourth-order valence-corrected chi connectivity index (χ4v) is 3.17. The molecule has 10 heteroatoms. The van der Waals surface area contributed by atoms with Crippen LogP contribution < -0.4 is 4.18 Å². The second kappa shape index (κ2) is 5.34. The normalized spacial score (nSPS) is 11.4. The third kappa shape index (κ3) is 2.98. The van der Waals surface area contributed by atoms with Crippen LogP contribution in [0.5, 0.6) is 5.75 Å². The largest absolute Gasteiger partial charge is 0.377 e. The van der Waals surface area contributed by atoms with Crippen LogP contribution in [-0.4, -0.2) is 18.5 Å². The Morgan fingerprint density at radius 3 is 2.52 bits per heavy atom. The van der Waals surface area contributed by atoms with E-state index in [-0.39, 0.29) is 32.8 Å². The molecule has 0 radical (unpaired) electrons. The van der Waals surface area contributed by atoms with Crippen LogP contribution in [0.4, 0.5) is 5.69 Å². The van der Waals surface area contributed by atoms with Gasteiger partial charge in [0.25, 0.3) is 5.69 Å². The van der Waals surface area contributed by atoms with Crippen LogP contribution in [0.1, 0.15) is 11.5 Å². The van der Waals surface area contributed by atoms with Crippen molar-refractivity contribution in [2.75, 3.05) is 0 Å². The first-order valence-electron chi connectivity index (χ1n) is 5.53. The zero-order chi connectivity index (χ0) is 15.8. The minimum Gasteiger partial charge on any atom is -0.377 e. The maximum atomic E-state index is 12.2. The monoisotopic (exact) mass is 332 g/mol. The van der Waals surface area contributed by atoms with Crippen LogP contribution in [0.25, 0.3) is 0 Å². The molecule has 1 aromatic heterocycles. The van der Waals surface area contributed by atoms with Gasteiger partial charge in [0.1, 0.15) is 5.69 Å². The van der Waals surface area contributed by atoms with Gasteiger partial charge in [-0.15, -0.1) is 0 Å². The number of hydrogen-bond donors (Lipinski definition) is 0. The van der Waals surface area contributed by atoms with E-state index in [4.69, 9.17) is 20.3 Å². The molecule has 0 fully saturated rings. The smallest absolute Gasteiger partial charge is 0.344 e. The fraction of sp³-hybridized carbons (Fsp3) is 0.182. The van der Waals surface area contributed by atoms with Gasteiger partial charge in [0.2, 0.25) is 0 Å². The number of nitro groups is 1. The quantitative estimate of drug-likeness (QED) is 0.480. The first-order chi connectivity index (χ1) is 9.72. The number of nitrogens with zero attached hydrogens (tertiary/aromatic N) is 2. The zero-order valence-corrected chi connectivity index (χ0v) is 12.4. The van der Waals surface area contributed by atoms with Crippen LogP contribution >= 0.6 is 11.6 Å². The van der Waals surface area contributed by atoms with Gasteiger partial charge in [0.05, 0.1) is 9.95 Å². The first kappa shape index (κ1) is 15.3. The molecule has 0 aliphatic heterocycles. The maximum absolute atomic E-state index is 12.2. The van der Waals surface area contributed by atoms with E-state index in [1.165, 1.54) is 13.8 Å². The number of rotatable bonds is 4. The third-order valence-corrected chi connectivity index (χ3v) is 4.32. The molecule has 0 aliphatic rings. The summed E-state index contributed by atoms with van der Waals surface area (Å²) in [7, 11) is -4.20. The molecule has 21 heavy (non-hydrogen) atoms. The Kier molecular flexibility index (Phi) is 3.88. The van der Waals surface area contributed by atoms with Gasteiger partial charge in [-0.2, -0.15) is 8.42 Å². The van der Waals surface area contributed by atoms with E-state index < -0.39 is 15.0 Å². The van der Waals surface area contributed by atoms with Gasteiger partial charge in [-0.3, -0.25) is 10.1 Å². The molecule has 8 nitrogen and oxygen atoms in total. The van der Waals surface area contributed by atoms with Crippen molar-refractivity contribution in [2.45, 2.75) is 18.7 Å². The highest BCUT2D eigenvalue weighted by atomic mass is 35.5. The molecule has 0 saturated heterocycles. The van der Waals surface area contributed by atoms with E-state index in [1.807, 2.05) is 0 Å². The standard InChI is InChI=1S/C11H9ClN2O6S/c1-6-11(7(2)19-13-6)21(17,18)20-10-4-3-8(14(15)16)5-9(10)12/h3-5H,1-2H3. The number of aromatic nitrogens is 1. The van der Waals surface area contributed by atoms with Gasteiger partial charge in [0, 0.05) is 12.1 Å². The molecule has 0 bridgehead atoms. The maximum Gasteiger partial charge on any atom is 0.344 e. The van der Waals surface area contributed by atoms with E-state index >= 15 is 0 Å². The molecule has 1 heterocycles. The Morgan fingerprint density at radius 2 is 2.05 bits per heavy atom. The Morgan fingerprint density at radius 1 is 1.38 bits per heavy atom. The van der Waals surface area contributed by atoms with Gasteiger partial charge in [0.15, 0.2) is 16.4 Å². The summed E-state index contributed by atoms with van der Waals surface area (Å²) in [5.41, 5.74) is -0.132. The molecule has 0 unspecified atom stereocenters. The molecule has 0 atom stereocenters. The summed E-state index contributed by atoms with van der Waals surface area (Å²) in [4.78, 5) is 9.74. The summed E-state index contributed by atoms with van der Waals surface area (Å²) >= 11 is 5.79. The second-order valence-electron chi connectivity index (χ2n) is 4.06. The lowest BCUT2D eigenvalue weighted by atomic mass is 10.3. The number of aryl methyl sites for hydroxylation is 2. The third-order valence-electron chi connectivity index (χ3n) is 2.54. The predicted octanol–water partition coefficient (Wildman–Crippen LogP) is 2.62. The Labute approximate surface area is 124 Å². The Balaban J connectivity index is 2.40. The van der Waals surface area contributed by atoms with Crippen LogP contribution in [0.3, 0.4) is 0 Å². The predicted molar refractivity (Wildman–Crippen MR) is 71.9 cm³/mol. The van der Waals surface area contributed by atoms with Gasteiger partial charge in [-0.05, 0) is 19.9 Å². The molecule has 2 aromatic rings. The number of hydrogen-bond acceptors (Lipinski definition) is 7. The minimum absolute atomic E-state index is 0.0746. The van der Waals surface area contributed by atoms with E-state index in [9.17, 15) is 18.5 Å². The van der Waals surface area contributed by atoms with Crippen LogP contribution in [-0.2, 0) is 10.1 Å². The van der Waals surface area contributed by atoms with Gasteiger partial charge >= 0.3 is 10.1 Å². The topological polar surface area (TPSA) is 113 Å². The molecule has 0 saturated carbocycles. The molecular formula is C11H9ClN2O6S. The summed E-state index contributed by atoms with van der Waals surface area (Å²) in [6, 6.07) is 3.19. The molecule has 0 amide bonds. The van der Waals surface area contributed by atoms with E-state index in [1.54, 1.807) is 0 Å². The van der Waals surface area contributed by atoms with Crippen LogP contribution in [0.2, 0.25) is 5.02 Å². The second-order valence-corrected chi connectivity index (χ2v) is 5.95. The van der Waals surface area contributed by atoms with Crippen molar-refractivity contribution >= 4 is 27.4 Å². The van der Waals surface area contributed by atoms with Crippen molar-refractivity contribution in [1.29, 1.82) is 0 Å². The van der Waals surface area contributed by atoms with E-state index in [2.05, 4.69) is 5.16 Å². The van der Waals surface area contributed by atoms with Crippen LogP contribution in [0, 0.1) is 24.0 Å². The Hall–Kier alpha value is -2.13. The summed E-state index contributed by atoms with van der Waals surface area (Å²) in [5.74, 6) is -0.146. The molecule has 0 aliphatic carbocycles. The fourth-order valence-electron chi connectivity index (χ4n) is 1.66. The minimum atomic E-state index is -4.20. The molecule has 2 rings (SSSR count). The lowest BCUT2D eigenvalue weighted by Gasteiger charge is -2.07. The number of benzene rings is 1. The van der Waals surface area contributed by atoms with Gasteiger partial charge < -0.3 is 8.71 Å². The highest BCUT2D eigenvalue weighted by Gasteiger charge is 2.27. The summed E-state index contributed by atoms with van der Waals surface area (Å²) in [5, 5.41) is 13.9. The number of nitro benzene ring substituents is 1. The average molecular weight is 333 g/mol. The average Bonchev–Trinajstić information content (AvgIpc) is 2.71. The van der Waals surface area contributed by atoms with Crippen molar-refractivity contribution in [2.24, 2.45) is 0 Å². The lowest BCUT2D eigenvalue weighted by molar-refractivity contribution is -0.384. The van der Waals surface area contributed by atoms with E-state index in [0.717, 1.165) is 18.2 Å². The van der Waals surface area contributed by atoms with Gasteiger partial charge in [-0.25, -0.2) is 0 Å². The lowest BCUT2D eigenvalue weighted by Crippen LogP contribution is -2.11. The van der Waals surface area contributed by atoms with Crippen molar-refractivity contribution in [1.82, 2.24) is 5.16 Å². The molecule has 1 aromatic carbocycles. The molecular weight excluding hydrogens is 324 g/mol. The van der Waals surface area contributed by atoms with Crippen molar-refractivity contribution < 1.29 is 22.0 Å². The zero-order valence-electron chi connectivity index (χ0n) is 10.9. The van der Waals surface area contributed by atoms with Gasteiger partial charge in [-0.1, -0.05) is 16.8 Å². The number of non-ortho nitro benzene ring substituents is 1. The molecule has 112 valence electrons. The summed E-state index contributed by atoms with van der Waals surface area (Å²) in [6.07, 6.45) is 0. The van der Waals surface area contributed by atoms with Crippen molar-refractivity contribution in [3.8, 4) is 5.75 Å². The SMILES string of the molecule is Cc1noc(C)c1S(=O)(=O)Oc1ccc([N+](=O)[O-])cc1Cl. The summed E-state index contributed by atoms with van der Waals surface area (Å²) < 4.78 is 34.0. The van der Waals surface area contributed by atoms with E-state index in [0.29, 0.717) is 0 Å². The highest BCUT2D eigenvalue weighted by molar-refractivity contribution is 7.87. The Bertz CT molecular complexity index is 795. The molecule has 0 N–H and O–H groups in total.